The molecule has 0 aliphatic rings. The summed E-state index contributed by atoms with van der Waals surface area (Å²) in [6.07, 6.45) is -4.70. The molecule has 3 aromatic carbocycles. The average Bonchev–Trinajstić information content (AvgIpc) is 3.15. The summed E-state index contributed by atoms with van der Waals surface area (Å²) in [5.41, 5.74) is -0.234. The number of carbonyl (C=O) groups is 1. The maximum absolute atomic E-state index is 13.3. The molecule has 0 spiro atoms. The van der Waals surface area contributed by atoms with Gasteiger partial charge >= 0.3 is 6.18 Å². The summed E-state index contributed by atoms with van der Waals surface area (Å²) in [6.45, 7) is -0.413. The maximum atomic E-state index is 13.3. The number of halogens is 4. The Bertz CT molecular complexity index is 1240. The molecule has 0 fully saturated rings. The van der Waals surface area contributed by atoms with E-state index >= 15 is 0 Å². The fraction of sp³-hybridized carbons (Fsp3) is 0.0909. The molecule has 0 saturated carbocycles. The van der Waals surface area contributed by atoms with Crippen molar-refractivity contribution >= 4 is 22.6 Å². The monoisotopic (exact) mass is 429 g/mol. The third kappa shape index (κ3) is 4.50. The molecule has 31 heavy (non-hydrogen) atoms. The highest BCUT2D eigenvalue weighted by molar-refractivity contribution is 6.07. The number of carbonyl (C=O) groups excluding carboxylic acids is 1. The zero-order valence-corrected chi connectivity index (χ0v) is 15.8. The Balaban J connectivity index is 1.55. The van der Waals surface area contributed by atoms with Crippen LogP contribution in [0, 0.1) is 5.82 Å². The number of anilines is 1. The first-order valence-electron chi connectivity index (χ1n) is 9.14. The zero-order chi connectivity index (χ0) is 22.0. The summed E-state index contributed by atoms with van der Waals surface area (Å²) in [5, 5.41) is 10.1. The SMILES string of the molecule is O=C(Nc1n[nH]c2ccc(OCc3ccc(F)cc3C(F)(F)F)cc12)c1ccccc1. The summed E-state index contributed by atoms with van der Waals surface area (Å²) in [4.78, 5) is 12.4. The van der Waals surface area contributed by atoms with Crippen LogP contribution in [0.3, 0.4) is 0 Å². The summed E-state index contributed by atoms with van der Waals surface area (Å²) in [5.74, 6) is -0.815. The van der Waals surface area contributed by atoms with E-state index in [1.807, 2.05) is 0 Å². The van der Waals surface area contributed by atoms with Crippen LogP contribution >= 0.6 is 0 Å². The van der Waals surface area contributed by atoms with Crippen molar-refractivity contribution in [3.63, 3.8) is 0 Å². The quantitative estimate of drug-likeness (QED) is 0.409. The van der Waals surface area contributed by atoms with Gasteiger partial charge in [0.2, 0.25) is 0 Å². The van der Waals surface area contributed by atoms with Crippen LogP contribution < -0.4 is 10.1 Å². The van der Waals surface area contributed by atoms with E-state index in [-0.39, 0.29) is 23.0 Å². The van der Waals surface area contributed by atoms with Crippen molar-refractivity contribution < 1.29 is 27.1 Å². The molecular weight excluding hydrogens is 414 g/mol. The Morgan fingerprint density at radius 1 is 1.03 bits per heavy atom. The first kappa shape index (κ1) is 20.4. The van der Waals surface area contributed by atoms with E-state index < -0.39 is 24.2 Å². The van der Waals surface area contributed by atoms with Crippen LogP contribution in [0.25, 0.3) is 10.9 Å². The average molecular weight is 429 g/mol. The van der Waals surface area contributed by atoms with E-state index in [9.17, 15) is 22.4 Å². The largest absolute Gasteiger partial charge is 0.489 e. The van der Waals surface area contributed by atoms with Gasteiger partial charge in [0.05, 0.1) is 11.1 Å². The van der Waals surface area contributed by atoms with Crippen LogP contribution in [-0.4, -0.2) is 16.1 Å². The third-order valence-corrected chi connectivity index (χ3v) is 4.57. The first-order valence-corrected chi connectivity index (χ1v) is 9.14. The van der Waals surface area contributed by atoms with Gasteiger partial charge in [-0.3, -0.25) is 9.89 Å². The topological polar surface area (TPSA) is 67.0 Å². The van der Waals surface area contributed by atoms with Gasteiger partial charge in [-0.25, -0.2) is 4.39 Å². The number of hydrogen-bond donors (Lipinski definition) is 2. The van der Waals surface area contributed by atoms with E-state index in [1.165, 1.54) is 0 Å². The van der Waals surface area contributed by atoms with E-state index in [0.29, 0.717) is 22.5 Å². The summed E-state index contributed by atoms with van der Waals surface area (Å²) in [7, 11) is 0. The minimum absolute atomic E-state index is 0.196. The molecule has 0 radical (unpaired) electrons. The van der Waals surface area contributed by atoms with Crippen molar-refractivity contribution in [2.75, 3.05) is 5.32 Å². The number of aromatic amines is 1. The predicted octanol–water partition coefficient (Wildman–Crippen LogP) is 5.55. The fourth-order valence-corrected chi connectivity index (χ4v) is 3.05. The van der Waals surface area contributed by atoms with Gasteiger partial charge in [0.25, 0.3) is 5.91 Å². The van der Waals surface area contributed by atoms with Crippen molar-refractivity contribution in [3.8, 4) is 5.75 Å². The number of amides is 1. The van der Waals surface area contributed by atoms with Gasteiger partial charge in [-0.1, -0.05) is 24.3 Å². The molecule has 4 aromatic rings. The molecule has 0 bridgehead atoms. The number of alkyl halides is 3. The molecule has 1 heterocycles. The lowest BCUT2D eigenvalue weighted by Gasteiger charge is -2.14. The minimum Gasteiger partial charge on any atom is -0.489 e. The molecule has 1 aromatic heterocycles. The molecule has 0 atom stereocenters. The lowest BCUT2D eigenvalue weighted by Crippen LogP contribution is -2.12. The van der Waals surface area contributed by atoms with E-state index in [2.05, 4.69) is 15.5 Å². The number of hydrogen-bond acceptors (Lipinski definition) is 3. The van der Waals surface area contributed by atoms with Crippen LogP contribution in [0.5, 0.6) is 5.75 Å². The lowest BCUT2D eigenvalue weighted by molar-refractivity contribution is -0.138. The number of nitrogens with one attached hydrogen (secondary N) is 2. The van der Waals surface area contributed by atoms with Gasteiger partial charge in [0.15, 0.2) is 5.82 Å². The summed E-state index contributed by atoms with van der Waals surface area (Å²) >= 11 is 0. The van der Waals surface area contributed by atoms with Crippen molar-refractivity contribution in [2.45, 2.75) is 12.8 Å². The Morgan fingerprint density at radius 2 is 1.81 bits per heavy atom. The highest BCUT2D eigenvalue weighted by Crippen LogP contribution is 2.33. The molecule has 2 N–H and O–H groups in total. The van der Waals surface area contributed by atoms with E-state index in [0.717, 1.165) is 12.1 Å². The van der Waals surface area contributed by atoms with Gasteiger partial charge < -0.3 is 10.1 Å². The van der Waals surface area contributed by atoms with E-state index in [1.54, 1.807) is 48.5 Å². The molecular formula is C22H15F4N3O2. The Morgan fingerprint density at radius 3 is 2.55 bits per heavy atom. The second-order valence-electron chi connectivity index (χ2n) is 6.69. The van der Waals surface area contributed by atoms with Gasteiger partial charge in [-0.2, -0.15) is 18.3 Å². The van der Waals surface area contributed by atoms with E-state index in [4.69, 9.17) is 4.74 Å². The minimum atomic E-state index is -4.70. The van der Waals surface area contributed by atoms with Crippen molar-refractivity contribution in [3.05, 3.63) is 89.2 Å². The predicted molar refractivity (Wildman–Crippen MR) is 106 cm³/mol. The number of rotatable bonds is 5. The Hall–Kier alpha value is -3.88. The number of H-pyrrole nitrogens is 1. The third-order valence-electron chi connectivity index (χ3n) is 4.57. The summed E-state index contributed by atoms with van der Waals surface area (Å²) in [6, 6.07) is 15.7. The summed E-state index contributed by atoms with van der Waals surface area (Å²) < 4.78 is 58.3. The number of ether oxygens (including phenoxy) is 1. The van der Waals surface area contributed by atoms with Crippen molar-refractivity contribution in [1.82, 2.24) is 10.2 Å². The van der Waals surface area contributed by atoms with Crippen LogP contribution in [0.1, 0.15) is 21.5 Å². The maximum Gasteiger partial charge on any atom is 0.416 e. The van der Waals surface area contributed by atoms with Gasteiger partial charge in [0.1, 0.15) is 18.2 Å². The van der Waals surface area contributed by atoms with Crippen LogP contribution in [-0.2, 0) is 12.8 Å². The van der Waals surface area contributed by atoms with Crippen LogP contribution in [0.2, 0.25) is 0 Å². The molecule has 158 valence electrons. The molecule has 4 rings (SSSR count). The van der Waals surface area contributed by atoms with Gasteiger partial charge in [0, 0.05) is 16.5 Å². The first-order chi connectivity index (χ1) is 14.8. The van der Waals surface area contributed by atoms with Crippen molar-refractivity contribution in [2.24, 2.45) is 0 Å². The second kappa shape index (κ2) is 8.10. The number of aromatic nitrogens is 2. The number of benzene rings is 3. The van der Waals surface area contributed by atoms with Crippen LogP contribution in [0.4, 0.5) is 23.4 Å². The van der Waals surface area contributed by atoms with Crippen molar-refractivity contribution in [1.29, 1.82) is 0 Å². The molecule has 9 heteroatoms. The highest BCUT2D eigenvalue weighted by atomic mass is 19.4. The van der Waals surface area contributed by atoms with Crippen LogP contribution in [0.15, 0.2) is 66.7 Å². The number of nitrogens with zero attached hydrogens (tertiary/aromatic N) is 1. The normalized spacial score (nSPS) is 11.5. The Kier molecular flexibility index (Phi) is 5.33. The smallest absolute Gasteiger partial charge is 0.416 e. The van der Waals surface area contributed by atoms with Gasteiger partial charge in [-0.15, -0.1) is 0 Å². The number of fused-ring (bicyclic) bond motifs is 1. The molecule has 0 aliphatic carbocycles. The second-order valence-corrected chi connectivity index (χ2v) is 6.69. The molecule has 0 unspecified atom stereocenters. The standard InChI is InChI=1S/C22H15F4N3O2/c23-15-7-6-14(18(10-15)22(24,25)26)12-31-16-8-9-19-17(11-16)20(29-28-19)27-21(30)13-4-2-1-3-5-13/h1-11H,12H2,(H2,27,28,29,30). The zero-order valence-electron chi connectivity index (χ0n) is 15.8. The highest BCUT2D eigenvalue weighted by Gasteiger charge is 2.33. The molecule has 0 saturated heterocycles. The Labute approximate surface area is 173 Å². The molecule has 1 amide bonds. The molecule has 0 aliphatic heterocycles. The molecule has 5 nitrogen and oxygen atoms in total. The lowest BCUT2D eigenvalue weighted by atomic mass is 10.1. The van der Waals surface area contributed by atoms with Gasteiger partial charge in [-0.05, 0) is 42.5 Å². The fourth-order valence-electron chi connectivity index (χ4n) is 3.05.